The molecule has 0 aliphatic carbocycles. The minimum atomic E-state index is -0.185. The maximum Gasteiger partial charge on any atom is 0.123 e. The Morgan fingerprint density at radius 3 is 2.35 bits per heavy atom. The highest BCUT2D eigenvalue weighted by Gasteiger charge is 2.31. The molecule has 0 saturated heterocycles. The van der Waals surface area contributed by atoms with Gasteiger partial charge in [0.2, 0.25) is 0 Å². The molecule has 2 N–H and O–H groups in total. The highest BCUT2D eigenvalue weighted by Crippen LogP contribution is 2.39. The van der Waals surface area contributed by atoms with E-state index in [-0.39, 0.29) is 11.5 Å². The maximum absolute atomic E-state index is 6.55. The van der Waals surface area contributed by atoms with Crippen molar-refractivity contribution in [3.05, 3.63) is 64.1 Å². The molecule has 0 aromatic heterocycles. The van der Waals surface area contributed by atoms with Crippen LogP contribution < -0.4 is 10.5 Å². The van der Waals surface area contributed by atoms with Crippen LogP contribution in [0.1, 0.15) is 31.0 Å². The topological polar surface area (TPSA) is 35.2 Å². The summed E-state index contributed by atoms with van der Waals surface area (Å²) >= 11 is 3.51. The zero-order valence-corrected chi connectivity index (χ0v) is 13.6. The third-order valence-corrected chi connectivity index (χ3v) is 4.32. The third-order valence-electron chi connectivity index (χ3n) is 3.82. The van der Waals surface area contributed by atoms with Crippen LogP contribution in [-0.4, -0.2) is 7.11 Å². The third kappa shape index (κ3) is 2.89. The second-order valence-corrected chi connectivity index (χ2v) is 6.37. The minimum Gasteiger partial charge on any atom is -0.496 e. The van der Waals surface area contributed by atoms with E-state index in [1.807, 2.05) is 36.4 Å². The van der Waals surface area contributed by atoms with E-state index >= 15 is 0 Å². The smallest absolute Gasteiger partial charge is 0.123 e. The average Bonchev–Trinajstić information content (AvgIpc) is 2.47. The molecule has 20 heavy (non-hydrogen) atoms. The molecule has 3 heteroatoms. The van der Waals surface area contributed by atoms with Crippen molar-refractivity contribution in [3.8, 4) is 5.75 Å². The van der Waals surface area contributed by atoms with Gasteiger partial charge in [-0.05, 0) is 23.8 Å². The maximum atomic E-state index is 6.55. The standard InChI is InChI=1S/C17H20BrNO/c1-17(2,12-7-5-4-6-8-12)16(19)14-11-13(18)9-10-15(14)20-3/h4-11,16H,19H2,1-3H3. The van der Waals surface area contributed by atoms with Crippen LogP contribution in [-0.2, 0) is 5.41 Å². The summed E-state index contributed by atoms with van der Waals surface area (Å²) in [6, 6.07) is 16.1. The summed E-state index contributed by atoms with van der Waals surface area (Å²) in [5, 5.41) is 0. The van der Waals surface area contributed by atoms with Gasteiger partial charge in [-0.2, -0.15) is 0 Å². The summed E-state index contributed by atoms with van der Waals surface area (Å²) in [6.45, 7) is 4.32. The van der Waals surface area contributed by atoms with Crippen LogP contribution >= 0.6 is 15.9 Å². The van der Waals surface area contributed by atoms with E-state index in [4.69, 9.17) is 10.5 Å². The van der Waals surface area contributed by atoms with Gasteiger partial charge in [0.05, 0.1) is 7.11 Å². The van der Waals surface area contributed by atoms with Gasteiger partial charge >= 0.3 is 0 Å². The Morgan fingerprint density at radius 1 is 1.10 bits per heavy atom. The molecule has 0 fully saturated rings. The predicted molar refractivity (Wildman–Crippen MR) is 87.1 cm³/mol. The monoisotopic (exact) mass is 333 g/mol. The van der Waals surface area contributed by atoms with Gasteiger partial charge in [0.1, 0.15) is 5.75 Å². The number of halogens is 1. The van der Waals surface area contributed by atoms with Crippen molar-refractivity contribution in [2.75, 3.05) is 7.11 Å². The Morgan fingerprint density at radius 2 is 1.75 bits per heavy atom. The van der Waals surface area contributed by atoms with Gasteiger partial charge in [-0.3, -0.25) is 0 Å². The quantitative estimate of drug-likeness (QED) is 0.897. The van der Waals surface area contributed by atoms with Crippen LogP contribution in [0, 0.1) is 0 Å². The Kier molecular flexibility index (Phi) is 4.51. The largest absolute Gasteiger partial charge is 0.496 e. The highest BCUT2D eigenvalue weighted by atomic mass is 79.9. The fourth-order valence-corrected chi connectivity index (χ4v) is 2.76. The molecule has 2 aromatic rings. The number of nitrogens with two attached hydrogens (primary N) is 1. The molecule has 0 spiro atoms. The minimum absolute atomic E-state index is 0.155. The van der Waals surface area contributed by atoms with Crippen LogP contribution in [0.3, 0.4) is 0 Å². The van der Waals surface area contributed by atoms with E-state index in [2.05, 4.69) is 41.9 Å². The van der Waals surface area contributed by atoms with Crippen LogP contribution in [0.15, 0.2) is 53.0 Å². The number of ether oxygens (including phenoxy) is 1. The normalized spacial score (nSPS) is 13.1. The summed E-state index contributed by atoms with van der Waals surface area (Å²) in [5.74, 6) is 0.824. The van der Waals surface area contributed by atoms with Crippen molar-refractivity contribution in [1.29, 1.82) is 0 Å². The molecule has 1 atom stereocenters. The van der Waals surface area contributed by atoms with Crippen LogP contribution in [0.4, 0.5) is 0 Å². The number of rotatable bonds is 4. The van der Waals surface area contributed by atoms with Crippen molar-refractivity contribution >= 4 is 15.9 Å². The van der Waals surface area contributed by atoms with E-state index < -0.39 is 0 Å². The zero-order chi connectivity index (χ0) is 14.8. The van der Waals surface area contributed by atoms with Crippen molar-refractivity contribution in [2.24, 2.45) is 5.73 Å². The molecule has 0 radical (unpaired) electrons. The Labute approximate surface area is 129 Å². The first-order valence-electron chi connectivity index (χ1n) is 6.61. The van der Waals surface area contributed by atoms with Crippen molar-refractivity contribution in [2.45, 2.75) is 25.3 Å². The molecule has 0 heterocycles. The SMILES string of the molecule is COc1ccc(Br)cc1C(N)C(C)(C)c1ccccc1. The van der Waals surface area contributed by atoms with E-state index in [0.29, 0.717) is 0 Å². The lowest BCUT2D eigenvalue weighted by atomic mass is 9.75. The molecule has 0 saturated carbocycles. The second kappa shape index (κ2) is 5.98. The summed E-state index contributed by atoms with van der Waals surface area (Å²) in [4.78, 5) is 0. The predicted octanol–water partition coefficient (Wildman–Crippen LogP) is 4.44. The van der Waals surface area contributed by atoms with E-state index in [0.717, 1.165) is 15.8 Å². The molecule has 2 rings (SSSR count). The first kappa shape index (κ1) is 15.1. The molecule has 0 aliphatic heterocycles. The molecular weight excluding hydrogens is 314 g/mol. The first-order chi connectivity index (χ1) is 9.46. The number of methoxy groups -OCH3 is 1. The number of benzene rings is 2. The van der Waals surface area contributed by atoms with E-state index in [1.54, 1.807) is 7.11 Å². The van der Waals surface area contributed by atoms with Crippen LogP contribution in [0.5, 0.6) is 5.75 Å². The molecule has 2 nitrogen and oxygen atoms in total. The molecule has 2 aromatic carbocycles. The summed E-state index contributed by atoms with van der Waals surface area (Å²) in [6.07, 6.45) is 0. The van der Waals surface area contributed by atoms with Gasteiger partial charge in [0.15, 0.2) is 0 Å². The molecular formula is C17H20BrNO. The van der Waals surface area contributed by atoms with Crippen molar-refractivity contribution in [1.82, 2.24) is 0 Å². The lowest BCUT2D eigenvalue weighted by Crippen LogP contribution is -2.33. The van der Waals surface area contributed by atoms with Gasteiger partial charge in [-0.1, -0.05) is 60.1 Å². The lowest BCUT2D eigenvalue weighted by Gasteiger charge is -2.33. The van der Waals surface area contributed by atoms with Crippen molar-refractivity contribution in [3.63, 3.8) is 0 Å². The van der Waals surface area contributed by atoms with Gasteiger partial charge < -0.3 is 10.5 Å². The second-order valence-electron chi connectivity index (χ2n) is 5.45. The summed E-state index contributed by atoms with van der Waals surface area (Å²) in [5.41, 5.74) is 8.59. The summed E-state index contributed by atoms with van der Waals surface area (Å²) in [7, 11) is 1.68. The Hall–Kier alpha value is -1.32. The van der Waals surface area contributed by atoms with Gasteiger partial charge in [-0.25, -0.2) is 0 Å². The van der Waals surface area contributed by atoms with Gasteiger partial charge in [0.25, 0.3) is 0 Å². The molecule has 1 unspecified atom stereocenters. The summed E-state index contributed by atoms with van der Waals surface area (Å²) < 4.78 is 6.46. The first-order valence-corrected chi connectivity index (χ1v) is 7.40. The van der Waals surface area contributed by atoms with Crippen LogP contribution in [0.25, 0.3) is 0 Å². The fourth-order valence-electron chi connectivity index (χ4n) is 2.38. The fraction of sp³-hybridized carbons (Fsp3) is 0.294. The molecule has 0 aliphatic rings. The molecule has 0 amide bonds. The highest BCUT2D eigenvalue weighted by molar-refractivity contribution is 9.10. The zero-order valence-electron chi connectivity index (χ0n) is 12.1. The van der Waals surface area contributed by atoms with Gasteiger partial charge in [0, 0.05) is 21.5 Å². The van der Waals surface area contributed by atoms with E-state index in [1.165, 1.54) is 5.56 Å². The molecule has 0 bridgehead atoms. The molecule has 106 valence electrons. The van der Waals surface area contributed by atoms with E-state index in [9.17, 15) is 0 Å². The Bertz CT molecular complexity index is 581. The average molecular weight is 334 g/mol. The van der Waals surface area contributed by atoms with Gasteiger partial charge in [-0.15, -0.1) is 0 Å². The number of hydrogen-bond acceptors (Lipinski definition) is 2. The van der Waals surface area contributed by atoms with Crippen molar-refractivity contribution < 1.29 is 4.74 Å². The van der Waals surface area contributed by atoms with Crippen LogP contribution in [0.2, 0.25) is 0 Å². The number of hydrogen-bond donors (Lipinski definition) is 1. The lowest BCUT2D eigenvalue weighted by molar-refractivity contribution is 0.376. The Balaban J connectivity index is 2.45.